The Morgan fingerprint density at radius 3 is 2.75 bits per heavy atom. The summed E-state index contributed by atoms with van der Waals surface area (Å²) >= 11 is 0. The van der Waals surface area contributed by atoms with Crippen LogP contribution in [0.1, 0.15) is 25.8 Å². The van der Waals surface area contributed by atoms with Crippen molar-refractivity contribution in [3.8, 4) is 11.5 Å². The molecule has 0 saturated heterocycles. The second-order valence-electron chi connectivity index (χ2n) is 4.83. The topological polar surface area (TPSA) is 73.6 Å². The van der Waals surface area contributed by atoms with Crippen molar-refractivity contribution in [2.45, 2.75) is 32.7 Å². The third kappa shape index (κ3) is 5.48. The summed E-state index contributed by atoms with van der Waals surface area (Å²) in [6, 6.07) is 5.75. The molecule has 0 aliphatic heterocycles. The normalized spacial score (nSPS) is 10.4. The molecule has 0 spiro atoms. The van der Waals surface area contributed by atoms with Crippen LogP contribution in [0.3, 0.4) is 0 Å². The molecule has 0 saturated carbocycles. The van der Waals surface area contributed by atoms with Gasteiger partial charge in [-0.1, -0.05) is 0 Å². The average Bonchev–Trinajstić information content (AvgIpc) is 2.39. The van der Waals surface area contributed by atoms with E-state index in [1.807, 2.05) is 32.0 Å². The molecule has 3 N–H and O–H groups in total. The number of nitrogens with one attached hydrogen (secondary N) is 1. The molecule has 112 valence electrons. The van der Waals surface area contributed by atoms with Crippen molar-refractivity contribution >= 4 is 5.91 Å². The highest BCUT2D eigenvalue weighted by atomic mass is 16.5. The van der Waals surface area contributed by atoms with Crippen molar-refractivity contribution in [1.29, 1.82) is 0 Å². The SMILES string of the molecule is COc1ccc(OCCC(=O)NC(C)C)c(CCN)c1. The molecule has 5 nitrogen and oxygen atoms in total. The van der Waals surface area contributed by atoms with Gasteiger partial charge in [-0.05, 0) is 50.6 Å². The van der Waals surface area contributed by atoms with E-state index in [0.717, 1.165) is 17.1 Å². The number of benzene rings is 1. The summed E-state index contributed by atoms with van der Waals surface area (Å²) in [5, 5.41) is 2.83. The average molecular weight is 280 g/mol. The van der Waals surface area contributed by atoms with Gasteiger partial charge in [0.15, 0.2) is 0 Å². The van der Waals surface area contributed by atoms with Gasteiger partial charge in [-0.2, -0.15) is 0 Å². The lowest BCUT2D eigenvalue weighted by atomic mass is 10.1. The Morgan fingerprint density at radius 2 is 2.15 bits per heavy atom. The van der Waals surface area contributed by atoms with Crippen LogP contribution in [0.2, 0.25) is 0 Å². The van der Waals surface area contributed by atoms with Crippen LogP contribution in [0.15, 0.2) is 18.2 Å². The van der Waals surface area contributed by atoms with Crippen LogP contribution < -0.4 is 20.5 Å². The number of amides is 1. The first kappa shape index (κ1) is 16.3. The van der Waals surface area contributed by atoms with Crippen LogP contribution in [0.5, 0.6) is 11.5 Å². The Morgan fingerprint density at radius 1 is 1.40 bits per heavy atom. The molecule has 0 atom stereocenters. The molecule has 0 aliphatic carbocycles. The molecule has 0 bridgehead atoms. The Bertz CT molecular complexity index is 433. The molecule has 0 aromatic heterocycles. The van der Waals surface area contributed by atoms with Crippen LogP contribution in [0.4, 0.5) is 0 Å². The van der Waals surface area contributed by atoms with E-state index in [2.05, 4.69) is 5.32 Å². The van der Waals surface area contributed by atoms with Crippen LogP contribution in [-0.2, 0) is 11.2 Å². The summed E-state index contributed by atoms with van der Waals surface area (Å²) in [4.78, 5) is 11.5. The first-order valence-corrected chi connectivity index (χ1v) is 6.86. The van der Waals surface area contributed by atoms with Gasteiger partial charge < -0.3 is 20.5 Å². The quantitative estimate of drug-likeness (QED) is 0.756. The van der Waals surface area contributed by atoms with Gasteiger partial charge in [-0.25, -0.2) is 0 Å². The molecule has 0 heterocycles. The summed E-state index contributed by atoms with van der Waals surface area (Å²) in [5.41, 5.74) is 6.59. The van der Waals surface area contributed by atoms with Gasteiger partial charge in [0.05, 0.1) is 20.1 Å². The fourth-order valence-corrected chi connectivity index (χ4v) is 1.82. The van der Waals surface area contributed by atoms with E-state index < -0.39 is 0 Å². The third-order valence-electron chi connectivity index (χ3n) is 2.72. The van der Waals surface area contributed by atoms with E-state index in [0.29, 0.717) is 26.0 Å². The molecule has 1 rings (SSSR count). The summed E-state index contributed by atoms with van der Waals surface area (Å²) in [6.07, 6.45) is 1.05. The molecular formula is C15H24N2O3. The molecular weight excluding hydrogens is 256 g/mol. The minimum absolute atomic E-state index is 0.00566. The van der Waals surface area contributed by atoms with Crippen LogP contribution in [-0.4, -0.2) is 32.2 Å². The summed E-state index contributed by atoms with van der Waals surface area (Å²) in [7, 11) is 1.62. The summed E-state index contributed by atoms with van der Waals surface area (Å²) in [6.45, 7) is 4.75. The number of carbonyl (C=O) groups excluding carboxylic acids is 1. The summed E-state index contributed by atoms with van der Waals surface area (Å²) < 4.78 is 10.9. The summed E-state index contributed by atoms with van der Waals surface area (Å²) in [5.74, 6) is 1.53. The van der Waals surface area contributed by atoms with E-state index in [1.165, 1.54) is 0 Å². The maximum atomic E-state index is 11.5. The monoisotopic (exact) mass is 280 g/mol. The lowest BCUT2D eigenvalue weighted by Crippen LogP contribution is -2.31. The number of nitrogens with two attached hydrogens (primary N) is 1. The molecule has 1 aromatic carbocycles. The zero-order valence-electron chi connectivity index (χ0n) is 12.4. The smallest absolute Gasteiger partial charge is 0.223 e. The number of carbonyl (C=O) groups is 1. The number of hydrogen-bond donors (Lipinski definition) is 2. The molecule has 0 radical (unpaired) electrons. The fourth-order valence-electron chi connectivity index (χ4n) is 1.82. The van der Waals surface area contributed by atoms with Crippen LogP contribution in [0, 0.1) is 0 Å². The second-order valence-corrected chi connectivity index (χ2v) is 4.83. The molecule has 5 heteroatoms. The van der Waals surface area contributed by atoms with Gasteiger partial charge in [0.25, 0.3) is 0 Å². The number of hydrogen-bond acceptors (Lipinski definition) is 4. The van der Waals surface area contributed by atoms with E-state index in [9.17, 15) is 4.79 Å². The highest BCUT2D eigenvalue weighted by Crippen LogP contribution is 2.24. The van der Waals surface area contributed by atoms with Gasteiger partial charge in [0, 0.05) is 6.04 Å². The van der Waals surface area contributed by atoms with Gasteiger partial charge in [-0.15, -0.1) is 0 Å². The standard InChI is InChI=1S/C15H24N2O3/c1-11(2)17-15(18)7-9-20-14-5-4-13(19-3)10-12(14)6-8-16/h4-5,10-11H,6-9,16H2,1-3H3,(H,17,18). The Hall–Kier alpha value is -1.75. The lowest BCUT2D eigenvalue weighted by Gasteiger charge is -2.13. The second kappa shape index (κ2) is 8.43. The van der Waals surface area contributed by atoms with Crippen molar-refractivity contribution in [3.63, 3.8) is 0 Å². The molecule has 1 aromatic rings. The molecule has 1 amide bonds. The minimum atomic E-state index is -0.00566. The Balaban J connectivity index is 2.56. The molecule has 0 aliphatic rings. The lowest BCUT2D eigenvalue weighted by molar-refractivity contribution is -0.122. The van der Waals surface area contributed by atoms with Crippen molar-refractivity contribution < 1.29 is 14.3 Å². The van der Waals surface area contributed by atoms with E-state index >= 15 is 0 Å². The molecule has 20 heavy (non-hydrogen) atoms. The predicted molar refractivity (Wildman–Crippen MR) is 79.1 cm³/mol. The van der Waals surface area contributed by atoms with Gasteiger partial charge >= 0.3 is 0 Å². The number of ether oxygens (including phenoxy) is 2. The van der Waals surface area contributed by atoms with E-state index in [1.54, 1.807) is 7.11 Å². The van der Waals surface area contributed by atoms with E-state index in [-0.39, 0.29) is 11.9 Å². The van der Waals surface area contributed by atoms with Gasteiger partial charge in [-0.3, -0.25) is 4.79 Å². The molecule has 0 fully saturated rings. The molecule has 0 unspecified atom stereocenters. The number of methoxy groups -OCH3 is 1. The maximum Gasteiger partial charge on any atom is 0.223 e. The Labute approximate surface area is 120 Å². The Kier molecular flexibility index (Phi) is 6.87. The highest BCUT2D eigenvalue weighted by Gasteiger charge is 2.07. The fraction of sp³-hybridized carbons (Fsp3) is 0.533. The van der Waals surface area contributed by atoms with Crippen molar-refractivity contribution in [2.75, 3.05) is 20.3 Å². The van der Waals surface area contributed by atoms with Crippen molar-refractivity contribution in [1.82, 2.24) is 5.32 Å². The first-order valence-electron chi connectivity index (χ1n) is 6.86. The van der Waals surface area contributed by atoms with E-state index in [4.69, 9.17) is 15.2 Å². The van der Waals surface area contributed by atoms with Crippen LogP contribution >= 0.6 is 0 Å². The predicted octanol–water partition coefficient (Wildman–Crippen LogP) is 1.49. The minimum Gasteiger partial charge on any atom is -0.497 e. The third-order valence-corrected chi connectivity index (χ3v) is 2.72. The number of rotatable bonds is 8. The van der Waals surface area contributed by atoms with Gasteiger partial charge in [0.2, 0.25) is 5.91 Å². The van der Waals surface area contributed by atoms with Crippen molar-refractivity contribution in [3.05, 3.63) is 23.8 Å². The largest absolute Gasteiger partial charge is 0.497 e. The zero-order chi connectivity index (χ0) is 15.0. The van der Waals surface area contributed by atoms with Gasteiger partial charge in [0.1, 0.15) is 11.5 Å². The zero-order valence-corrected chi connectivity index (χ0v) is 12.4. The van der Waals surface area contributed by atoms with Crippen molar-refractivity contribution in [2.24, 2.45) is 5.73 Å². The first-order chi connectivity index (χ1) is 9.56. The highest BCUT2D eigenvalue weighted by molar-refractivity contribution is 5.76. The maximum absolute atomic E-state index is 11.5. The van der Waals surface area contributed by atoms with Crippen LogP contribution in [0.25, 0.3) is 0 Å².